The van der Waals surface area contributed by atoms with Crippen molar-refractivity contribution in [3.63, 3.8) is 0 Å². The van der Waals surface area contributed by atoms with Crippen molar-refractivity contribution in [1.82, 2.24) is 0 Å². The number of benzene rings is 2. The molecule has 0 saturated heterocycles. The van der Waals surface area contributed by atoms with Crippen LogP contribution in [-0.4, -0.2) is 63.1 Å². The van der Waals surface area contributed by atoms with E-state index in [1.54, 1.807) is 0 Å². The second-order valence-corrected chi connectivity index (χ2v) is 16.2. The molecular weight excluding hydrogens is 731 g/mol. The van der Waals surface area contributed by atoms with Crippen LogP contribution in [0.25, 0.3) is 0 Å². The van der Waals surface area contributed by atoms with E-state index in [1.807, 2.05) is 0 Å². The van der Waals surface area contributed by atoms with Crippen LogP contribution in [0, 0.1) is 37.9 Å². The van der Waals surface area contributed by atoms with Crippen LogP contribution in [0.5, 0.6) is 0 Å². The Labute approximate surface area is 293 Å². The summed E-state index contributed by atoms with van der Waals surface area (Å²) < 4.78 is 114. The fourth-order valence-corrected chi connectivity index (χ4v) is 6.27. The number of nitrogens with two attached hydrogens (primary N) is 1. The second-order valence-electron chi connectivity index (χ2n) is 12.1. The Balaban J connectivity index is 0.000000295. The van der Waals surface area contributed by atoms with Gasteiger partial charge in [0.15, 0.2) is 0 Å². The SMILES string of the molecule is CCS(=O)(=O)Nc1ccc(F)c([N+](=O)[O-])c1.CCS(=O)(=O)Nc1ccc(NCC2CCC(F)(F)CC2)c([N+](=O)[O-])c1.NCC1CCC(F)(F)CC1. The van der Waals surface area contributed by atoms with E-state index in [4.69, 9.17) is 5.73 Å². The predicted molar refractivity (Wildman–Crippen MR) is 184 cm³/mol. The molecule has 288 valence electrons. The minimum Gasteiger partial charge on any atom is -0.379 e. The number of rotatable bonds is 12. The molecule has 5 N–H and O–H groups in total. The molecule has 0 bridgehead atoms. The van der Waals surface area contributed by atoms with E-state index in [-0.39, 0.29) is 65.9 Å². The van der Waals surface area contributed by atoms with Gasteiger partial charge in [-0.1, -0.05) is 0 Å². The second kappa shape index (κ2) is 18.6. The largest absolute Gasteiger partial charge is 0.379 e. The molecule has 14 nitrogen and oxygen atoms in total. The lowest BCUT2D eigenvalue weighted by molar-refractivity contribution is -0.387. The third kappa shape index (κ3) is 15.1. The summed E-state index contributed by atoms with van der Waals surface area (Å²) in [6.07, 6.45) is 1.67. The summed E-state index contributed by atoms with van der Waals surface area (Å²) in [5.74, 6) is -5.96. The van der Waals surface area contributed by atoms with E-state index < -0.39 is 53.2 Å². The topological polar surface area (TPSA) is 217 Å². The number of nitro benzene ring substituents is 2. The van der Waals surface area contributed by atoms with Crippen LogP contribution in [0.4, 0.5) is 50.4 Å². The fourth-order valence-electron chi connectivity index (χ4n) is 5.01. The molecule has 0 radical (unpaired) electrons. The summed E-state index contributed by atoms with van der Waals surface area (Å²) in [6, 6.07) is 6.79. The number of hydrogen-bond donors (Lipinski definition) is 4. The summed E-state index contributed by atoms with van der Waals surface area (Å²) >= 11 is 0. The van der Waals surface area contributed by atoms with Crippen molar-refractivity contribution < 1.29 is 48.6 Å². The Morgan fingerprint density at radius 2 is 1.16 bits per heavy atom. The molecule has 0 amide bonds. The molecule has 2 fully saturated rings. The Hall–Kier alpha value is -3.85. The predicted octanol–water partition coefficient (Wildman–Crippen LogP) is 6.86. The lowest BCUT2D eigenvalue weighted by Crippen LogP contribution is -2.28. The van der Waals surface area contributed by atoms with Gasteiger partial charge in [-0.05, 0) is 82.2 Å². The Morgan fingerprint density at radius 3 is 1.57 bits per heavy atom. The van der Waals surface area contributed by atoms with Gasteiger partial charge >= 0.3 is 5.69 Å². The lowest BCUT2D eigenvalue weighted by atomic mass is 9.87. The van der Waals surface area contributed by atoms with Crippen LogP contribution in [0.15, 0.2) is 36.4 Å². The molecule has 2 saturated carbocycles. The third-order valence-electron chi connectivity index (χ3n) is 8.23. The first kappa shape index (κ1) is 43.3. The highest BCUT2D eigenvalue weighted by Crippen LogP contribution is 2.37. The molecule has 0 heterocycles. The van der Waals surface area contributed by atoms with Crippen LogP contribution < -0.4 is 20.5 Å². The van der Waals surface area contributed by atoms with Crippen molar-refractivity contribution in [3.05, 3.63) is 62.4 Å². The van der Waals surface area contributed by atoms with Gasteiger partial charge in [0, 0.05) is 44.4 Å². The number of anilines is 3. The molecule has 21 heteroatoms. The van der Waals surface area contributed by atoms with Crippen molar-refractivity contribution >= 4 is 48.5 Å². The Kier molecular flexibility index (Phi) is 15.8. The minimum atomic E-state index is -3.53. The fraction of sp³-hybridized carbons (Fsp3) is 0.600. The molecule has 0 unspecified atom stereocenters. The van der Waals surface area contributed by atoms with E-state index >= 15 is 0 Å². The van der Waals surface area contributed by atoms with E-state index in [9.17, 15) is 59.0 Å². The van der Waals surface area contributed by atoms with E-state index in [0.29, 0.717) is 44.7 Å². The highest BCUT2D eigenvalue weighted by atomic mass is 32.2. The van der Waals surface area contributed by atoms with E-state index in [0.717, 1.165) is 24.3 Å². The molecule has 0 spiro atoms. The minimum absolute atomic E-state index is 0.0255. The molecule has 2 aliphatic rings. The van der Waals surface area contributed by atoms with Gasteiger partial charge in [0.05, 0.1) is 32.7 Å². The van der Waals surface area contributed by atoms with Gasteiger partial charge in [-0.2, -0.15) is 4.39 Å². The highest BCUT2D eigenvalue weighted by Gasteiger charge is 2.35. The zero-order valence-electron chi connectivity index (χ0n) is 28.0. The summed E-state index contributed by atoms with van der Waals surface area (Å²) in [7, 11) is -7.06. The van der Waals surface area contributed by atoms with Crippen molar-refractivity contribution in [3.8, 4) is 0 Å². The average Bonchev–Trinajstić information content (AvgIpc) is 3.05. The zero-order chi connectivity index (χ0) is 38.6. The first-order valence-electron chi connectivity index (χ1n) is 16.0. The van der Waals surface area contributed by atoms with E-state index in [2.05, 4.69) is 14.8 Å². The van der Waals surface area contributed by atoms with Gasteiger partial charge in [0.25, 0.3) is 5.69 Å². The van der Waals surface area contributed by atoms with Crippen LogP contribution >= 0.6 is 0 Å². The number of halogens is 5. The highest BCUT2D eigenvalue weighted by molar-refractivity contribution is 7.92. The smallest absolute Gasteiger partial charge is 0.306 e. The van der Waals surface area contributed by atoms with Crippen molar-refractivity contribution in [2.75, 3.05) is 39.4 Å². The maximum atomic E-state index is 13.2. The van der Waals surface area contributed by atoms with Crippen molar-refractivity contribution in [1.29, 1.82) is 0 Å². The number of hydrogen-bond acceptors (Lipinski definition) is 10. The average molecular weight is 775 g/mol. The van der Waals surface area contributed by atoms with Crippen LogP contribution in [0.2, 0.25) is 0 Å². The van der Waals surface area contributed by atoms with Crippen LogP contribution in [-0.2, 0) is 20.0 Å². The monoisotopic (exact) mass is 774 g/mol. The molecule has 51 heavy (non-hydrogen) atoms. The molecule has 2 aromatic carbocycles. The van der Waals surface area contributed by atoms with Gasteiger partial charge in [-0.3, -0.25) is 29.7 Å². The molecule has 0 aromatic heterocycles. The summed E-state index contributed by atoms with van der Waals surface area (Å²) in [4.78, 5) is 20.1. The first-order chi connectivity index (χ1) is 23.6. The number of alkyl halides is 4. The first-order valence-corrected chi connectivity index (χ1v) is 19.3. The standard InChI is InChI=1S/C15H21F2N3O4S.C8H9FN2O4S.C7H13F2N/c1-2-25(23,24)19-12-3-4-13(14(9-12)20(21)22)18-10-11-5-7-15(16,17)8-6-11;1-2-16(14,15)10-6-3-4-7(9)8(5-6)11(12)13;8-7(9)3-1-6(5-10)2-4-7/h3-4,9,11,18-19H,2,5-8,10H2,1H3;3-5,10H,2H2,1H3;6H,1-5,10H2. The maximum Gasteiger partial charge on any atom is 0.306 e. The molecular formula is C30H43F5N6O8S2. The van der Waals surface area contributed by atoms with Gasteiger partial charge in [-0.25, -0.2) is 34.4 Å². The normalized spacial score (nSPS) is 17.5. The molecule has 4 rings (SSSR count). The van der Waals surface area contributed by atoms with Gasteiger partial charge in [0.2, 0.25) is 37.7 Å². The summed E-state index contributed by atoms with van der Waals surface area (Å²) in [5.41, 5.74) is 4.63. The Morgan fingerprint density at radius 1 is 0.745 bits per heavy atom. The lowest BCUT2D eigenvalue weighted by Gasteiger charge is -2.28. The summed E-state index contributed by atoms with van der Waals surface area (Å²) in [6.45, 7) is 3.80. The van der Waals surface area contributed by atoms with Crippen LogP contribution in [0.3, 0.4) is 0 Å². The number of nitro groups is 2. The molecule has 2 aromatic rings. The zero-order valence-corrected chi connectivity index (χ0v) is 29.7. The molecule has 0 aliphatic heterocycles. The number of sulfonamides is 2. The Bertz CT molecular complexity index is 1700. The van der Waals surface area contributed by atoms with Crippen LogP contribution in [0.1, 0.15) is 65.2 Å². The maximum absolute atomic E-state index is 13.2. The molecule has 2 aliphatic carbocycles. The van der Waals surface area contributed by atoms with Gasteiger partial charge < -0.3 is 11.1 Å². The quantitative estimate of drug-likeness (QED) is 0.0998. The van der Waals surface area contributed by atoms with Crippen molar-refractivity contribution in [2.24, 2.45) is 17.6 Å². The summed E-state index contributed by atoms with van der Waals surface area (Å²) in [5, 5.41) is 24.6. The van der Waals surface area contributed by atoms with E-state index in [1.165, 1.54) is 26.0 Å². The number of nitrogens with one attached hydrogen (secondary N) is 3. The van der Waals surface area contributed by atoms with Gasteiger partial charge in [-0.15, -0.1) is 0 Å². The molecule has 0 atom stereocenters. The third-order valence-corrected chi connectivity index (χ3v) is 10.8. The number of nitrogens with zero attached hydrogens (tertiary/aromatic N) is 2. The van der Waals surface area contributed by atoms with Gasteiger partial charge in [0.1, 0.15) is 5.69 Å². The van der Waals surface area contributed by atoms with Crippen molar-refractivity contribution in [2.45, 2.75) is 77.1 Å².